The van der Waals surface area contributed by atoms with Gasteiger partial charge in [-0.25, -0.2) is 4.68 Å². The lowest BCUT2D eigenvalue weighted by atomic mass is 10.4. The molecule has 3 N–H and O–H groups in total. The zero-order valence-electron chi connectivity index (χ0n) is 9.18. The van der Waals surface area contributed by atoms with Crippen molar-refractivity contribution in [1.82, 2.24) is 9.78 Å². The van der Waals surface area contributed by atoms with Crippen LogP contribution in [0, 0.1) is 6.92 Å². The van der Waals surface area contributed by atoms with E-state index in [-0.39, 0.29) is 0 Å². The number of halogens is 1. The molecule has 0 unspecified atom stereocenters. The Bertz CT molecular complexity index is 357. The van der Waals surface area contributed by atoms with Gasteiger partial charge in [0.2, 0.25) is 0 Å². The Hall–Kier alpha value is -1.16. The zero-order valence-corrected chi connectivity index (χ0v) is 9.93. The normalized spacial score (nSPS) is 10.3. The van der Waals surface area contributed by atoms with E-state index in [0.717, 1.165) is 24.5 Å². The molecule has 0 aliphatic carbocycles. The van der Waals surface area contributed by atoms with Crippen molar-refractivity contribution < 1.29 is 0 Å². The molecule has 0 fully saturated rings. The quantitative estimate of drug-likeness (QED) is 0.814. The highest BCUT2D eigenvalue weighted by molar-refractivity contribution is 6.29. The Labute approximate surface area is 95.1 Å². The summed E-state index contributed by atoms with van der Waals surface area (Å²) in [5.74, 6) is 0.830. The van der Waals surface area contributed by atoms with Crippen LogP contribution in [0.25, 0.3) is 0 Å². The third kappa shape index (κ3) is 2.89. The SMILES string of the molecule is C=C(Cl)CNc1c(N)c(C)nn1CCC. The van der Waals surface area contributed by atoms with Gasteiger partial charge in [0.15, 0.2) is 0 Å². The minimum absolute atomic E-state index is 0.501. The summed E-state index contributed by atoms with van der Waals surface area (Å²) in [4.78, 5) is 0. The number of anilines is 2. The van der Waals surface area contributed by atoms with Crippen LogP contribution in [0.1, 0.15) is 19.0 Å². The number of nitrogens with two attached hydrogens (primary N) is 1. The third-order valence-corrected chi connectivity index (χ3v) is 2.19. The van der Waals surface area contributed by atoms with Gasteiger partial charge in [0.05, 0.1) is 17.9 Å². The standard InChI is InChI=1S/C10H17ClN4/c1-4-5-15-10(13-6-7(2)11)9(12)8(3)14-15/h13H,2,4-6,12H2,1,3H3. The molecule has 0 saturated heterocycles. The average molecular weight is 229 g/mol. The second-order valence-corrected chi connectivity index (χ2v) is 3.98. The number of rotatable bonds is 5. The van der Waals surface area contributed by atoms with E-state index in [4.69, 9.17) is 17.3 Å². The fourth-order valence-electron chi connectivity index (χ4n) is 1.34. The first-order chi connectivity index (χ1) is 7.06. The Morgan fingerprint density at radius 3 is 2.87 bits per heavy atom. The summed E-state index contributed by atoms with van der Waals surface area (Å²) in [5, 5.41) is 8.02. The maximum atomic E-state index is 5.90. The highest BCUT2D eigenvalue weighted by atomic mass is 35.5. The topological polar surface area (TPSA) is 55.9 Å². The minimum Gasteiger partial charge on any atom is -0.394 e. The Morgan fingerprint density at radius 2 is 2.33 bits per heavy atom. The molecule has 0 saturated carbocycles. The van der Waals surface area contributed by atoms with Gasteiger partial charge in [-0.05, 0) is 13.3 Å². The van der Waals surface area contributed by atoms with E-state index in [1.165, 1.54) is 0 Å². The first kappa shape index (κ1) is 11.9. The Morgan fingerprint density at radius 1 is 1.67 bits per heavy atom. The van der Waals surface area contributed by atoms with Crippen molar-refractivity contribution >= 4 is 23.1 Å². The van der Waals surface area contributed by atoms with Gasteiger partial charge in [0.1, 0.15) is 5.82 Å². The van der Waals surface area contributed by atoms with Gasteiger partial charge in [-0.2, -0.15) is 5.10 Å². The number of aromatic nitrogens is 2. The monoisotopic (exact) mass is 228 g/mol. The minimum atomic E-state index is 0.501. The van der Waals surface area contributed by atoms with Gasteiger partial charge in [0, 0.05) is 11.6 Å². The maximum absolute atomic E-state index is 5.90. The summed E-state index contributed by atoms with van der Waals surface area (Å²) in [6.07, 6.45) is 1.01. The number of nitrogens with zero attached hydrogens (tertiary/aromatic N) is 2. The van der Waals surface area contributed by atoms with Crippen molar-refractivity contribution in [3.63, 3.8) is 0 Å². The molecule has 1 heterocycles. The van der Waals surface area contributed by atoms with E-state index in [9.17, 15) is 0 Å². The van der Waals surface area contributed by atoms with Gasteiger partial charge in [-0.3, -0.25) is 0 Å². The molecule has 0 aliphatic heterocycles. The second-order valence-electron chi connectivity index (χ2n) is 3.44. The summed E-state index contributed by atoms with van der Waals surface area (Å²) < 4.78 is 1.87. The lowest BCUT2D eigenvalue weighted by Gasteiger charge is -2.08. The molecule has 4 nitrogen and oxygen atoms in total. The number of aryl methyl sites for hydroxylation is 2. The lowest BCUT2D eigenvalue weighted by molar-refractivity contribution is 0.604. The molecule has 0 aromatic carbocycles. The summed E-state index contributed by atoms with van der Waals surface area (Å²) >= 11 is 5.69. The molecule has 0 atom stereocenters. The van der Waals surface area contributed by atoms with Crippen LogP contribution >= 0.6 is 11.6 Å². The summed E-state index contributed by atoms with van der Waals surface area (Å²) in [7, 11) is 0. The van der Waals surface area contributed by atoms with E-state index in [1.807, 2.05) is 11.6 Å². The molecule has 0 aliphatic rings. The van der Waals surface area contributed by atoms with E-state index in [0.29, 0.717) is 17.3 Å². The van der Waals surface area contributed by atoms with Gasteiger partial charge >= 0.3 is 0 Å². The number of nitrogens with one attached hydrogen (secondary N) is 1. The van der Waals surface area contributed by atoms with Gasteiger partial charge in [-0.1, -0.05) is 25.1 Å². The highest BCUT2D eigenvalue weighted by Gasteiger charge is 2.11. The Kier molecular flexibility index (Phi) is 4.03. The van der Waals surface area contributed by atoms with Crippen LogP contribution < -0.4 is 11.1 Å². The van der Waals surface area contributed by atoms with Crippen LogP contribution in [0.2, 0.25) is 0 Å². The van der Waals surface area contributed by atoms with Crippen LogP contribution in [-0.4, -0.2) is 16.3 Å². The molecular formula is C10H17ClN4. The first-order valence-electron chi connectivity index (χ1n) is 4.96. The highest BCUT2D eigenvalue weighted by Crippen LogP contribution is 2.22. The number of hydrogen-bond donors (Lipinski definition) is 2. The first-order valence-corrected chi connectivity index (χ1v) is 5.34. The largest absolute Gasteiger partial charge is 0.394 e. The number of nitrogen functional groups attached to an aromatic ring is 1. The molecule has 0 radical (unpaired) electrons. The lowest BCUT2D eigenvalue weighted by Crippen LogP contribution is -2.10. The Balaban J connectivity index is 2.86. The molecule has 15 heavy (non-hydrogen) atoms. The van der Waals surface area contributed by atoms with Crippen LogP contribution in [-0.2, 0) is 6.54 Å². The average Bonchev–Trinajstić information content (AvgIpc) is 2.41. The van der Waals surface area contributed by atoms with Crippen LogP contribution in [0.15, 0.2) is 11.6 Å². The van der Waals surface area contributed by atoms with Crippen LogP contribution in [0.3, 0.4) is 0 Å². The van der Waals surface area contributed by atoms with Crippen molar-refractivity contribution in [1.29, 1.82) is 0 Å². The van der Waals surface area contributed by atoms with Crippen molar-refractivity contribution in [2.75, 3.05) is 17.6 Å². The molecular weight excluding hydrogens is 212 g/mol. The number of hydrogen-bond acceptors (Lipinski definition) is 3. The summed E-state index contributed by atoms with van der Waals surface area (Å²) in [6, 6.07) is 0. The zero-order chi connectivity index (χ0) is 11.4. The maximum Gasteiger partial charge on any atom is 0.148 e. The molecule has 1 aromatic heterocycles. The molecule has 84 valence electrons. The van der Waals surface area contributed by atoms with Gasteiger partial charge in [-0.15, -0.1) is 0 Å². The molecule has 0 spiro atoms. The fourth-order valence-corrected chi connectivity index (χ4v) is 1.40. The predicted molar refractivity (Wildman–Crippen MR) is 65.2 cm³/mol. The predicted octanol–water partition coefficient (Wildman–Crippen LogP) is 2.35. The molecule has 0 amide bonds. The van der Waals surface area contributed by atoms with Gasteiger partial charge in [0.25, 0.3) is 0 Å². The van der Waals surface area contributed by atoms with Crippen molar-refractivity contribution in [2.24, 2.45) is 0 Å². The van der Waals surface area contributed by atoms with Crippen molar-refractivity contribution in [2.45, 2.75) is 26.8 Å². The second kappa shape index (κ2) is 5.07. The van der Waals surface area contributed by atoms with E-state index >= 15 is 0 Å². The van der Waals surface area contributed by atoms with Gasteiger partial charge < -0.3 is 11.1 Å². The van der Waals surface area contributed by atoms with Crippen molar-refractivity contribution in [3.8, 4) is 0 Å². The molecule has 0 bridgehead atoms. The third-order valence-electron chi connectivity index (χ3n) is 2.06. The van der Waals surface area contributed by atoms with E-state index in [2.05, 4.69) is 23.9 Å². The van der Waals surface area contributed by atoms with E-state index in [1.54, 1.807) is 0 Å². The summed E-state index contributed by atoms with van der Waals surface area (Å²) in [6.45, 7) is 8.94. The molecule has 5 heteroatoms. The van der Waals surface area contributed by atoms with Crippen LogP contribution in [0.5, 0.6) is 0 Å². The molecule has 1 rings (SSSR count). The molecule has 1 aromatic rings. The fraction of sp³-hybridized carbons (Fsp3) is 0.500. The van der Waals surface area contributed by atoms with Crippen molar-refractivity contribution in [3.05, 3.63) is 17.3 Å². The van der Waals surface area contributed by atoms with E-state index < -0.39 is 0 Å². The summed E-state index contributed by atoms with van der Waals surface area (Å²) in [5.41, 5.74) is 7.42. The van der Waals surface area contributed by atoms with Crippen LogP contribution in [0.4, 0.5) is 11.5 Å². The smallest absolute Gasteiger partial charge is 0.148 e.